The van der Waals surface area contributed by atoms with Crippen LogP contribution >= 0.6 is 0 Å². The Labute approximate surface area is 137 Å². The van der Waals surface area contributed by atoms with Gasteiger partial charge in [-0.05, 0) is 30.0 Å². The minimum absolute atomic E-state index is 0.546. The highest BCUT2D eigenvalue weighted by atomic mass is 16.5. The van der Waals surface area contributed by atoms with E-state index < -0.39 is 0 Å². The first-order chi connectivity index (χ1) is 11.1. The van der Waals surface area contributed by atoms with E-state index in [0.29, 0.717) is 29.8 Å². The van der Waals surface area contributed by atoms with Gasteiger partial charge in [-0.2, -0.15) is 0 Å². The number of nitrogen functional groups attached to an aromatic ring is 1. The van der Waals surface area contributed by atoms with Crippen LogP contribution in [0, 0.1) is 5.92 Å². The van der Waals surface area contributed by atoms with Crippen molar-refractivity contribution in [2.24, 2.45) is 5.92 Å². The molecule has 0 fully saturated rings. The molecular weight excluding hydrogens is 290 g/mol. The molecule has 0 aliphatic carbocycles. The quantitative estimate of drug-likeness (QED) is 0.694. The Balaban J connectivity index is 1.96. The van der Waals surface area contributed by atoms with Gasteiger partial charge in [-0.1, -0.05) is 26.0 Å². The van der Waals surface area contributed by atoms with Gasteiger partial charge in [0, 0.05) is 13.1 Å². The van der Waals surface area contributed by atoms with Crippen LogP contribution in [0.25, 0.3) is 0 Å². The lowest BCUT2D eigenvalue weighted by molar-refractivity contribution is 0.414. The number of anilines is 3. The second kappa shape index (κ2) is 8.22. The Morgan fingerprint density at radius 3 is 2.35 bits per heavy atom. The van der Waals surface area contributed by atoms with Crippen molar-refractivity contribution in [3.63, 3.8) is 0 Å². The van der Waals surface area contributed by atoms with E-state index in [-0.39, 0.29) is 0 Å². The number of benzene rings is 1. The number of nitrogens with zero attached hydrogens (tertiary/aromatic N) is 2. The number of nitrogens with two attached hydrogens (primary N) is 1. The lowest BCUT2D eigenvalue weighted by Crippen LogP contribution is -2.11. The summed E-state index contributed by atoms with van der Waals surface area (Å²) in [6.07, 6.45) is 2.59. The second-order valence-corrected chi connectivity index (χ2v) is 5.80. The van der Waals surface area contributed by atoms with Gasteiger partial charge in [0.2, 0.25) is 0 Å². The van der Waals surface area contributed by atoms with Gasteiger partial charge in [-0.3, -0.25) is 0 Å². The maximum atomic E-state index is 6.14. The van der Waals surface area contributed by atoms with Crippen molar-refractivity contribution in [2.45, 2.75) is 26.8 Å². The molecule has 0 saturated carbocycles. The van der Waals surface area contributed by atoms with E-state index in [9.17, 15) is 0 Å². The Morgan fingerprint density at radius 2 is 1.74 bits per heavy atom. The molecule has 0 aliphatic heterocycles. The molecule has 2 rings (SSSR count). The van der Waals surface area contributed by atoms with E-state index in [4.69, 9.17) is 10.5 Å². The fraction of sp³-hybridized carbons (Fsp3) is 0.412. The first-order valence-electron chi connectivity index (χ1n) is 7.81. The molecule has 2 aromatic rings. The van der Waals surface area contributed by atoms with Crippen LogP contribution < -0.4 is 21.1 Å². The average molecular weight is 315 g/mol. The van der Waals surface area contributed by atoms with Crippen LogP contribution in [-0.2, 0) is 6.54 Å². The smallest absolute Gasteiger partial charge is 0.155 e. The molecule has 4 N–H and O–H groups in total. The van der Waals surface area contributed by atoms with Gasteiger partial charge in [0.15, 0.2) is 11.6 Å². The molecule has 23 heavy (non-hydrogen) atoms. The Hall–Kier alpha value is -2.50. The van der Waals surface area contributed by atoms with Crippen molar-refractivity contribution < 1.29 is 4.74 Å². The fourth-order valence-corrected chi connectivity index (χ4v) is 2.09. The zero-order valence-corrected chi connectivity index (χ0v) is 14.0. The van der Waals surface area contributed by atoms with Gasteiger partial charge >= 0.3 is 0 Å². The number of ether oxygens (including phenoxy) is 1. The highest BCUT2D eigenvalue weighted by Crippen LogP contribution is 2.23. The third-order valence-corrected chi connectivity index (χ3v) is 3.52. The zero-order chi connectivity index (χ0) is 16.7. The Morgan fingerprint density at radius 1 is 1.09 bits per heavy atom. The molecule has 0 spiro atoms. The summed E-state index contributed by atoms with van der Waals surface area (Å²) in [6.45, 7) is 5.85. The summed E-state index contributed by atoms with van der Waals surface area (Å²) in [5.74, 6) is 2.80. The molecule has 1 aromatic heterocycles. The van der Waals surface area contributed by atoms with Gasteiger partial charge in [-0.15, -0.1) is 0 Å². The van der Waals surface area contributed by atoms with Crippen LogP contribution in [0.2, 0.25) is 0 Å². The highest BCUT2D eigenvalue weighted by Gasteiger charge is 2.07. The normalized spacial score (nSPS) is 10.6. The van der Waals surface area contributed by atoms with Crippen molar-refractivity contribution in [3.05, 3.63) is 36.2 Å². The largest absolute Gasteiger partial charge is 0.497 e. The first kappa shape index (κ1) is 16.9. The molecule has 0 radical (unpaired) electrons. The van der Waals surface area contributed by atoms with Crippen molar-refractivity contribution in [1.29, 1.82) is 0 Å². The zero-order valence-electron chi connectivity index (χ0n) is 14.0. The van der Waals surface area contributed by atoms with Crippen LogP contribution in [0.5, 0.6) is 5.75 Å². The lowest BCUT2D eigenvalue weighted by Gasteiger charge is -2.13. The number of hydrogen-bond donors (Lipinski definition) is 3. The van der Waals surface area contributed by atoms with Crippen LogP contribution in [-0.4, -0.2) is 23.6 Å². The summed E-state index contributed by atoms with van der Waals surface area (Å²) < 4.78 is 5.15. The lowest BCUT2D eigenvalue weighted by atomic mass is 10.1. The molecule has 6 nitrogen and oxygen atoms in total. The van der Waals surface area contributed by atoms with E-state index in [2.05, 4.69) is 34.4 Å². The summed E-state index contributed by atoms with van der Waals surface area (Å²) in [6, 6.07) is 7.87. The van der Waals surface area contributed by atoms with Crippen molar-refractivity contribution >= 4 is 17.3 Å². The predicted molar refractivity (Wildman–Crippen MR) is 94.7 cm³/mol. The Kier molecular flexibility index (Phi) is 6.02. The molecule has 0 bridgehead atoms. The minimum atomic E-state index is 0.546. The number of hydrogen-bond acceptors (Lipinski definition) is 6. The molecule has 6 heteroatoms. The molecular formula is C17H25N5O. The van der Waals surface area contributed by atoms with Crippen LogP contribution in [0.15, 0.2) is 30.6 Å². The number of aromatic nitrogens is 2. The summed E-state index contributed by atoms with van der Waals surface area (Å²) in [5.41, 5.74) is 7.81. The molecule has 0 aliphatic rings. The maximum Gasteiger partial charge on any atom is 0.155 e. The maximum absolute atomic E-state index is 6.14. The SMILES string of the molecule is COc1ccc(CNc2ncnc(NCCC(C)C)c2N)cc1. The predicted octanol–water partition coefficient (Wildman–Crippen LogP) is 3.14. The number of methoxy groups -OCH3 is 1. The van der Waals surface area contributed by atoms with Crippen LogP contribution in [0.1, 0.15) is 25.8 Å². The van der Waals surface area contributed by atoms with Crippen LogP contribution in [0.3, 0.4) is 0 Å². The summed E-state index contributed by atoms with van der Waals surface area (Å²) in [5, 5.41) is 6.51. The summed E-state index contributed by atoms with van der Waals surface area (Å²) in [4.78, 5) is 8.43. The molecule has 0 unspecified atom stereocenters. The van der Waals surface area contributed by atoms with Gasteiger partial charge < -0.3 is 21.1 Å². The number of nitrogens with one attached hydrogen (secondary N) is 2. The number of rotatable bonds is 8. The third-order valence-electron chi connectivity index (χ3n) is 3.52. The summed E-state index contributed by atoms with van der Waals surface area (Å²) >= 11 is 0. The van der Waals surface area contributed by atoms with E-state index >= 15 is 0 Å². The van der Waals surface area contributed by atoms with Gasteiger partial charge in [-0.25, -0.2) is 9.97 Å². The molecule has 0 saturated heterocycles. The van der Waals surface area contributed by atoms with E-state index in [1.54, 1.807) is 7.11 Å². The van der Waals surface area contributed by atoms with Gasteiger partial charge in [0.05, 0.1) is 7.11 Å². The molecule has 1 heterocycles. The van der Waals surface area contributed by atoms with Gasteiger partial charge in [0.1, 0.15) is 17.8 Å². The first-order valence-corrected chi connectivity index (χ1v) is 7.81. The van der Waals surface area contributed by atoms with Crippen molar-refractivity contribution in [3.8, 4) is 5.75 Å². The van der Waals surface area contributed by atoms with E-state index in [0.717, 1.165) is 24.3 Å². The molecule has 0 amide bonds. The minimum Gasteiger partial charge on any atom is -0.497 e. The highest BCUT2D eigenvalue weighted by molar-refractivity contribution is 5.73. The van der Waals surface area contributed by atoms with E-state index in [1.165, 1.54) is 6.33 Å². The van der Waals surface area contributed by atoms with Gasteiger partial charge in [0.25, 0.3) is 0 Å². The Bertz CT molecular complexity index is 613. The third kappa shape index (κ3) is 5.02. The fourth-order valence-electron chi connectivity index (χ4n) is 2.09. The van der Waals surface area contributed by atoms with Crippen molar-refractivity contribution in [2.75, 3.05) is 30.0 Å². The monoisotopic (exact) mass is 315 g/mol. The summed E-state index contributed by atoms with van der Waals surface area (Å²) in [7, 11) is 1.66. The molecule has 1 aromatic carbocycles. The van der Waals surface area contributed by atoms with Crippen LogP contribution in [0.4, 0.5) is 17.3 Å². The van der Waals surface area contributed by atoms with E-state index in [1.807, 2.05) is 24.3 Å². The average Bonchev–Trinajstić information content (AvgIpc) is 2.55. The standard InChI is InChI=1S/C17H25N5O/c1-12(2)8-9-19-16-15(18)17(22-11-21-16)20-10-13-4-6-14(23-3)7-5-13/h4-7,11-12H,8-10,18H2,1-3H3,(H2,19,20,21,22). The molecule has 0 atom stereocenters. The second-order valence-electron chi connectivity index (χ2n) is 5.80. The van der Waals surface area contributed by atoms with Crippen molar-refractivity contribution in [1.82, 2.24) is 9.97 Å². The molecule has 124 valence electrons. The topological polar surface area (TPSA) is 85.1 Å².